The number of carboxylic acids is 1. The summed E-state index contributed by atoms with van der Waals surface area (Å²) in [6.45, 7) is 2.43. The van der Waals surface area contributed by atoms with Crippen LogP contribution in [-0.4, -0.2) is 43.4 Å². The molecule has 1 aliphatic carbocycles. The summed E-state index contributed by atoms with van der Waals surface area (Å²) in [4.78, 5) is 22.1. The molecule has 6 heteroatoms. The molecule has 1 aliphatic rings. The Morgan fingerprint density at radius 1 is 1.44 bits per heavy atom. The lowest BCUT2D eigenvalue weighted by Gasteiger charge is -2.14. The van der Waals surface area contributed by atoms with Crippen molar-refractivity contribution in [3.63, 3.8) is 0 Å². The van der Waals surface area contributed by atoms with E-state index >= 15 is 0 Å². The molecule has 0 heterocycles. The van der Waals surface area contributed by atoms with Crippen LogP contribution < -0.4 is 10.6 Å². The first-order valence-corrected chi connectivity index (χ1v) is 5.28. The lowest BCUT2D eigenvalue weighted by molar-refractivity contribution is -0.143. The molecule has 0 saturated heterocycles. The van der Waals surface area contributed by atoms with Crippen LogP contribution in [0.3, 0.4) is 0 Å². The Labute approximate surface area is 94.3 Å². The molecule has 1 fully saturated rings. The number of hydrogen-bond acceptors (Lipinski definition) is 3. The summed E-state index contributed by atoms with van der Waals surface area (Å²) in [6.07, 6.45) is 1.22. The van der Waals surface area contributed by atoms with Crippen molar-refractivity contribution < 1.29 is 19.4 Å². The van der Waals surface area contributed by atoms with Gasteiger partial charge < -0.3 is 20.5 Å². The fourth-order valence-corrected chi connectivity index (χ4v) is 1.25. The van der Waals surface area contributed by atoms with Crippen molar-refractivity contribution in [2.45, 2.75) is 25.9 Å². The second kappa shape index (κ2) is 5.16. The maximum Gasteiger partial charge on any atom is 0.314 e. The van der Waals surface area contributed by atoms with Gasteiger partial charge in [-0.15, -0.1) is 0 Å². The van der Waals surface area contributed by atoms with Crippen molar-refractivity contribution in [1.82, 2.24) is 10.6 Å². The molecule has 0 aromatic heterocycles. The lowest BCUT2D eigenvalue weighted by atomic mass is 10.1. The van der Waals surface area contributed by atoms with Gasteiger partial charge in [-0.3, -0.25) is 4.79 Å². The van der Waals surface area contributed by atoms with E-state index in [4.69, 9.17) is 9.84 Å². The summed E-state index contributed by atoms with van der Waals surface area (Å²) in [5.41, 5.74) is -0.718. The Balaban J connectivity index is 2.18. The largest absolute Gasteiger partial charge is 0.481 e. The number of nitrogens with one attached hydrogen (secondary N) is 2. The zero-order chi connectivity index (χ0) is 12.2. The Morgan fingerprint density at radius 3 is 2.50 bits per heavy atom. The molecule has 0 aromatic rings. The van der Waals surface area contributed by atoms with Gasteiger partial charge in [-0.2, -0.15) is 0 Å². The molecule has 1 rings (SSSR count). The maximum atomic E-state index is 11.3. The molecule has 6 nitrogen and oxygen atoms in total. The monoisotopic (exact) mass is 230 g/mol. The maximum absolute atomic E-state index is 11.3. The van der Waals surface area contributed by atoms with Crippen LogP contribution in [0, 0.1) is 5.41 Å². The fraction of sp³-hybridized carbons (Fsp3) is 0.800. The van der Waals surface area contributed by atoms with Gasteiger partial charge >= 0.3 is 12.0 Å². The van der Waals surface area contributed by atoms with Gasteiger partial charge in [-0.05, 0) is 19.8 Å². The zero-order valence-corrected chi connectivity index (χ0v) is 9.58. The van der Waals surface area contributed by atoms with Crippen LogP contribution >= 0.6 is 0 Å². The molecule has 0 aromatic carbocycles. The van der Waals surface area contributed by atoms with Gasteiger partial charge in [-0.25, -0.2) is 4.79 Å². The van der Waals surface area contributed by atoms with Crippen LogP contribution in [-0.2, 0) is 9.53 Å². The van der Waals surface area contributed by atoms with Gasteiger partial charge in [0.05, 0.1) is 11.5 Å². The second-order valence-electron chi connectivity index (χ2n) is 4.20. The molecule has 1 saturated carbocycles. The minimum Gasteiger partial charge on any atom is -0.481 e. The predicted octanol–water partition coefficient (Wildman–Crippen LogP) is 0.185. The molecule has 0 aliphatic heterocycles. The van der Waals surface area contributed by atoms with Crippen LogP contribution in [0.15, 0.2) is 0 Å². The highest BCUT2D eigenvalue weighted by molar-refractivity contribution is 5.80. The normalized spacial score (nSPS) is 18.6. The quantitative estimate of drug-likeness (QED) is 0.607. The van der Waals surface area contributed by atoms with Gasteiger partial charge in [0.15, 0.2) is 0 Å². The van der Waals surface area contributed by atoms with Crippen molar-refractivity contribution in [3.8, 4) is 0 Å². The summed E-state index contributed by atoms with van der Waals surface area (Å²) < 4.78 is 4.96. The van der Waals surface area contributed by atoms with Gasteiger partial charge in [0.1, 0.15) is 0 Å². The number of methoxy groups -OCH3 is 1. The number of hydrogen-bond donors (Lipinski definition) is 3. The molecule has 92 valence electrons. The molecular formula is C10H18N2O4. The Kier molecular flexibility index (Phi) is 4.12. The van der Waals surface area contributed by atoms with E-state index in [0.717, 1.165) is 0 Å². The van der Waals surface area contributed by atoms with Crippen LogP contribution in [0.4, 0.5) is 4.79 Å². The van der Waals surface area contributed by atoms with E-state index < -0.39 is 11.4 Å². The van der Waals surface area contributed by atoms with Crippen molar-refractivity contribution in [2.24, 2.45) is 5.41 Å². The fourth-order valence-electron chi connectivity index (χ4n) is 1.25. The summed E-state index contributed by atoms with van der Waals surface area (Å²) in [5.74, 6) is -0.835. The molecule has 1 atom stereocenters. The van der Waals surface area contributed by atoms with E-state index in [0.29, 0.717) is 19.4 Å². The van der Waals surface area contributed by atoms with E-state index in [1.165, 1.54) is 0 Å². The molecule has 0 radical (unpaired) electrons. The first kappa shape index (κ1) is 12.8. The highest BCUT2D eigenvalue weighted by Gasteiger charge is 2.50. The Hall–Kier alpha value is -1.30. The van der Waals surface area contributed by atoms with Crippen molar-refractivity contribution in [3.05, 3.63) is 0 Å². The number of urea groups is 1. The minimum atomic E-state index is -0.835. The number of aliphatic carboxylic acids is 1. The number of carboxylic acid groups (broad SMARTS) is 1. The molecule has 16 heavy (non-hydrogen) atoms. The second-order valence-corrected chi connectivity index (χ2v) is 4.20. The summed E-state index contributed by atoms with van der Waals surface area (Å²) >= 11 is 0. The molecule has 2 amide bonds. The van der Waals surface area contributed by atoms with Gasteiger partial charge in [0.25, 0.3) is 0 Å². The van der Waals surface area contributed by atoms with Gasteiger partial charge in [0.2, 0.25) is 0 Å². The SMILES string of the molecule is COC(C)CNC(=O)NCC1(C(=O)O)CC1. The average Bonchev–Trinajstić information content (AvgIpc) is 3.04. The van der Waals surface area contributed by atoms with E-state index in [-0.39, 0.29) is 18.7 Å². The first-order chi connectivity index (χ1) is 7.50. The van der Waals surface area contributed by atoms with Crippen LogP contribution in [0.5, 0.6) is 0 Å². The van der Waals surface area contributed by atoms with E-state index in [1.54, 1.807) is 7.11 Å². The number of rotatable bonds is 6. The van der Waals surface area contributed by atoms with E-state index in [2.05, 4.69) is 10.6 Å². The molecule has 0 bridgehead atoms. The van der Waals surface area contributed by atoms with Crippen LogP contribution in [0.1, 0.15) is 19.8 Å². The average molecular weight is 230 g/mol. The number of carbonyl (C=O) groups excluding carboxylic acids is 1. The van der Waals surface area contributed by atoms with Crippen molar-refractivity contribution in [1.29, 1.82) is 0 Å². The molecule has 1 unspecified atom stereocenters. The Morgan fingerprint density at radius 2 is 2.06 bits per heavy atom. The first-order valence-electron chi connectivity index (χ1n) is 5.28. The van der Waals surface area contributed by atoms with Crippen LogP contribution in [0.2, 0.25) is 0 Å². The summed E-state index contributed by atoms with van der Waals surface area (Å²) in [7, 11) is 1.56. The number of ether oxygens (including phenoxy) is 1. The predicted molar refractivity (Wildman–Crippen MR) is 57.2 cm³/mol. The minimum absolute atomic E-state index is 0.0555. The summed E-state index contributed by atoms with van der Waals surface area (Å²) in [6, 6.07) is -0.351. The third-order valence-corrected chi connectivity index (χ3v) is 2.85. The third kappa shape index (κ3) is 3.37. The number of carbonyl (C=O) groups is 2. The van der Waals surface area contributed by atoms with E-state index in [1.807, 2.05) is 6.92 Å². The van der Waals surface area contributed by atoms with Crippen molar-refractivity contribution >= 4 is 12.0 Å². The van der Waals surface area contributed by atoms with E-state index in [9.17, 15) is 9.59 Å². The highest BCUT2D eigenvalue weighted by atomic mass is 16.5. The van der Waals surface area contributed by atoms with Gasteiger partial charge in [0, 0.05) is 20.2 Å². The lowest BCUT2D eigenvalue weighted by Crippen LogP contribution is -2.43. The molecular weight excluding hydrogens is 212 g/mol. The van der Waals surface area contributed by atoms with Gasteiger partial charge in [-0.1, -0.05) is 0 Å². The molecule has 0 spiro atoms. The number of amides is 2. The third-order valence-electron chi connectivity index (χ3n) is 2.85. The smallest absolute Gasteiger partial charge is 0.314 e. The Bertz CT molecular complexity index is 276. The zero-order valence-electron chi connectivity index (χ0n) is 9.58. The molecule has 3 N–H and O–H groups in total. The van der Waals surface area contributed by atoms with Crippen molar-refractivity contribution in [2.75, 3.05) is 20.2 Å². The highest BCUT2D eigenvalue weighted by Crippen LogP contribution is 2.45. The standard InChI is InChI=1S/C10H18N2O4/c1-7(16-2)5-11-9(15)12-6-10(3-4-10)8(13)14/h7H,3-6H2,1-2H3,(H,13,14)(H2,11,12,15). The topological polar surface area (TPSA) is 87.7 Å². The summed E-state index contributed by atoms with van der Waals surface area (Å²) in [5, 5.41) is 14.0. The van der Waals surface area contributed by atoms with Crippen LogP contribution in [0.25, 0.3) is 0 Å².